The highest BCUT2D eigenvalue weighted by atomic mass is 15.1. The van der Waals surface area contributed by atoms with E-state index in [1.807, 2.05) is 18.2 Å². The van der Waals surface area contributed by atoms with Gasteiger partial charge in [-0.3, -0.25) is 4.90 Å². The molecule has 0 N–H and O–H groups in total. The van der Waals surface area contributed by atoms with E-state index in [1.165, 1.54) is 11.1 Å². The minimum Gasteiger partial charge on any atom is -0.294 e. The minimum atomic E-state index is 0.793. The molecule has 2 heteroatoms. The first kappa shape index (κ1) is 12.0. The molecule has 1 heterocycles. The second kappa shape index (κ2) is 5.26. The molecule has 0 atom stereocenters. The molecule has 3 rings (SSSR count). The van der Waals surface area contributed by atoms with Crippen LogP contribution in [-0.2, 0) is 19.5 Å². The number of benzene rings is 2. The van der Waals surface area contributed by atoms with Crippen LogP contribution < -0.4 is 0 Å². The van der Waals surface area contributed by atoms with Crippen LogP contribution in [0.15, 0.2) is 48.5 Å². The average Bonchev–Trinajstić information content (AvgIpc) is 2.48. The third-order valence-corrected chi connectivity index (χ3v) is 3.74. The zero-order valence-corrected chi connectivity index (χ0v) is 10.8. The maximum absolute atomic E-state index is 9.14. The van der Waals surface area contributed by atoms with Gasteiger partial charge in [-0.15, -0.1) is 0 Å². The summed E-state index contributed by atoms with van der Waals surface area (Å²) in [4.78, 5) is 2.42. The molecule has 0 fully saturated rings. The van der Waals surface area contributed by atoms with E-state index in [2.05, 4.69) is 41.3 Å². The summed E-state index contributed by atoms with van der Waals surface area (Å²) in [7, 11) is 0. The van der Waals surface area contributed by atoms with Gasteiger partial charge in [0.05, 0.1) is 11.6 Å². The molecule has 1 aliphatic rings. The monoisotopic (exact) mass is 248 g/mol. The van der Waals surface area contributed by atoms with Gasteiger partial charge in [-0.25, -0.2) is 0 Å². The summed E-state index contributed by atoms with van der Waals surface area (Å²) >= 11 is 0. The highest BCUT2D eigenvalue weighted by Gasteiger charge is 2.16. The fraction of sp³-hybridized carbons (Fsp3) is 0.235. The van der Waals surface area contributed by atoms with Gasteiger partial charge < -0.3 is 0 Å². The van der Waals surface area contributed by atoms with Crippen LogP contribution in [0, 0.1) is 11.3 Å². The number of hydrogen-bond donors (Lipinski definition) is 0. The molecule has 2 aromatic rings. The highest BCUT2D eigenvalue weighted by molar-refractivity contribution is 5.37. The average molecular weight is 248 g/mol. The van der Waals surface area contributed by atoms with Gasteiger partial charge >= 0.3 is 0 Å². The van der Waals surface area contributed by atoms with Crippen molar-refractivity contribution in [2.75, 3.05) is 6.54 Å². The Kier molecular flexibility index (Phi) is 3.31. The molecule has 2 aromatic carbocycles. The predicted octanol–water partition coefficient (Wildman–Crippen LogP) is 3.12. The van der Waals surface area contributed by atoms with E-state index in [0.717, 1.165) is 37.2 Å². The zero-order valence-electron chi connectivity index (χ0n) is 10.8. The third-order valence-electron chi connectivity index (χ3n) is 3.74. The Bertz CT molecular complexity index is 625. The summed E-state index contributed by atoms with van der Waals surface area (Å²) < 4.78 is 0. The Morgan fingerprint density at radius 1 is 1.00 bits per heavy atom. The third kappa shape index (κ3) is 2.52. The van der Waals surface area contributed by atoms with E-state index in [9.17, 15) is 0 Å². The quantitative estimate of drug-likeness (QED) is 0.816. The molecule has 2 nitrogen and oxygen atoms in total. The summed E-state index contributed by atoms with van der Waals surface area (Å²) in [6, 6.07) is 18.8. The lowest BCUT2D eigenvalue weighted by molar-refractivity contribution is 0.245. The van der Waals surface area contributed by atoms with Crippen molar-refractivity contribution in [3.8, 4) is 6.07 Å². The van der Waals surface area contributed by atoms with Crippen LogP contribution in [0.25, 0.3) is 0 Å². The second-order valence-corrected chi connectivity index (χ2v) is 5.00. The number of nitriles is 1. The van der Waals surface area contributed by atoms with Crippen LogP contribution in [-0.4, -0.2) is 11.4 Å². The summed E-state index contributed by atoms with van der Waals surface area (Å²) in [6.45, 7) is 2.91. The molecule has 94 valence electrons. The fourth-order valence-corrected chi connectivity index (χ4v) is 2.70. The first-order valence-corrected chi connectivity index (χ1v) is 6.64. The molecule has 0 aromatic heterocycles. The lowest BCUT2D eigenvalue weighted by Gasteiger charge is -2.28. The molecule has 0 aliphatic carbocycles. The summed E-state index contributed by atoms with van der Waals surface area (Å²) in [5.74, 6) is 0. The van der Waals surface area contributed by atoms with Crippen LogP contribution in [0.1, 0.15) is 22.3 Å². The smallest absolute Gasteiger partial charge is 0.0995 e. The Balaban J connectivity index is 1.78. The van der Waals surface area contributed by atoms with Gasteiger partial charge in [-0.1, -0.05) is 42.5 Å². The van der Waals surface area contributed by atoms with Gasteiger partial charge in [-0.05, 0) is 29.2 Å². The van der Waals surface area contributed by atoms with E-state index in [4.69, 9.17) is 5.26 Å². The van der Waals surface area contributed by atoms with E-state index >= 15 is 0 Å². The van der Waals surface area contributed by atoms with Crippen molar-refractivity contribution in [1.82, 2.24) is 4.90 Å². The van der Waals surface area contributed by atoms with E-state index < -0.39 is 0 Å². The largest absolute Gasteiger partial charge is 0.294 e. The Morgan fingerprint density at radius 2 is 1.74 bits per heavy atom. The highest BCUT2D eigenvalue weighted by Crippen LogP contribution is 2.21. The molecular weight excluding hydrogens is 232 g/mol. The molecular formula is C17H16N2. The van der Waals surface area contributed by atoms with E-state index in [0.29, 0.717) is 0 Å². The topological polar surface area (TPSA) is 27.0 Å². The van der Waals surface area contributed by atoms with Crippen molar-refractivity contribution in [2.24, 2.45) is 0 Å². The molecule has 19 heavy (non-hydrogen) atoms. The van der Waals surface area contributed by atoms with Crippen LogP contribution in [0.5, 0.6) is 0 Å². The summed E-state index contributed by atoms with van der Waals surface area (Å²) in [5.41, 5.74) is 4.81. The molecule has 0 bridgehead atoms. The maximum Gasteiger partial charge on any atom is 0.0995 e. The molecule has 0 unspecified atom stereocenters. The Morgan fingerprint density at radius 3 is 2.58 bits per heavy atom. The molecule has 0 saturated carbocycles. The van der Waals surface area contributed by atoms with Crippen molar-refractivity contribution in [1.29, 1.82) is 5.26 Å². The number of nitrogens with zero attached hydrogens (tertiary/aromatic N) is 2. The van der Waals surface area contributed by atoms with Gasteiger partial charge in [0.1, 0.15) is 0 Å². The van der Waals surface area contributed by atoms with Crippen LogP contribution in [0.4, 0.5) is 0 Å². The van der Waals surface area contributed by atoms with Crippen LogP contribution in [0.2, 0.25) is 0 Å². The second-order valence-electron chi connectivity index (χ2n) is 5.00. The SMILES string of the molecule is N#Cc1ccccc1CN1CCc2ccccc2C1. The number of rotatable bonds is 2. The Hall–Kier alpha value is -2.11. The van der Waals surface area contributed by atoms with Crippen molar-refractivity contribution in [3.63, 3.8) is 0 Å². The van der Waals surface area contributed by atoms with Crippen molar-refractivity contribution < 1.29 is 0 Å². The number of fused-ring (bicyclic) bond motifs is 1. The molecule has 0 amide bonds. The minimum absolute atomic E-state index is 0.793. The van der Waals surface area contributed by atoms with Crippen LogP contribution in [0.3, 0.4) is 0 Å². The first-order chi connectivity index (χ1) is 9.36. The maximum atomic E-state index is 9.14. The predicted molar refractivity (Wildman–Crippen MR) is 75.4 cm³/mol. The lowest BCUT2D eigenvalue weighted by Crippen LogP contribution is -2.30. The standard InChI is InChI=1S/C17H16N2/c18-11-15-6-2-4-8-17(15)13-19-10-9-14-5-1-3-7-16(14)12-19/h1-8H,9-10,12-13H2. The zero-order chi connectivity index (χ0) is 13.1. The van der Waals surface area contributed by atoms with Gasteiger partial charge in [-0.2, -0.15) is 5.26 Å². The Labute approximate surface area is 113 Å². The van der Waals surface area contributed by atoms with Gasteiger partial charge in [0.2, 0.25) is 0 Å². The van der Waals surface area contributed by atoms with E-state index in [-0.39, 0.29) is 0 Å². The first-order valence-electron chi connectivity index (χ1n) is 6.64. The van der Waals surface area contributed by atoms with Crippen molar-refractivity contribution in [2.45, 2.75) is 19.5 Å². The van der Waals surface area contributed by atoms with Gasteiger partial charge in [0.25, 0.3) is 0 Å². The van der Waals surface area contributed by atoms with Gasteiger partial charge in [0.15, 0.2) is 0 Å². The molecule has 0 radical (unpaired) electrons. The number of hydrogen-bond acceptors (Lipinski definition) is 2. The normalized spacial score (nSPS) is 14.7. The lowest BCUT2D eigenvalue weighted by atomic mass is 9.99. The van der Waals surface area contributed by atoms with Gasteiger partial charge in [0, 0.05) is 19.6 Å². The molecule has 0 spiro atoms. The summed E-state index contributed by atoms with van der Waals surface area (Å²) in [5, 5.41) is 9.14. The van der Waals surface area contributed by atoms with Crippen LogP contribution >= 0.6 is 0 Å². The fourth-order valence-electron chi connectivity index (χ4n) is 2.70. The summed E-state index contributed by atoms with van der Waals surface area (Å²) in [6.07, 6.45) is 1.10. The molecule has 0 saturated heterocycles. The molecule has 1 aliphatic heterocycles. The van der Waals surface area contributed by atoms with E-state index in [1.54, 1.807) is 0 Å². The van der Waals surface area contributed by atoms with Crippen molar-refractivity contribution >= 4 is 0 Å². The van der Waals surface area contributed by atoms with Crippen molar-refractivity contribution in [3.05, 3.63) is 70.8 Å².